The van der Waals surface area contributed by atoms with E-state index in [1.807, 2.05) is 0 Å². The molecule has 0 spiro atoms. The minimum Gasteiger partial charge on any atom is -0.496 e. The summed E-state index contributed by atoms with van der Waals surface area (Å²) in [6.45, 7) is 1.50. The molecule has 0 unspecified atom stereocenters. The van der Waals surface area contributed by atoms with E-state index in [9.17, 15) is 16.8 Å². The molecular formula is C17H22N2O5S2. The number of hydrogen-bond donors (Lipinski definition) is 1. The number of nitrogens with one attached hydrogen (secondary N) is 1. The van der Waals surface area contributed by atoms with Crippen LogP contribution in [0.2, 0.25) is 0 Å². The fourth-order valence-electron chi connectivity index (χ4n) is 2.34. The van der Waals surface area contributed by atoms with Crippen molar-refractivity contribution in [3.05, 3.63) is 54.1 Å². The van der Waals surface area contributed by atoms with Gasteiger partial charge in [-0.15, -0.1) is 0 Å². The lowest BCUT2D eigenvalue weighted by Crippen LogP contribution is -2.35. The van der Waals surface area contributed by atoms with Gasteiger partial charge in [0.15, 0.2) is 0 Å². The van der Waals surface area contributed by atoms with Crippen LogP contribution in [-0.4, -0.2) is 43.3 Å². The second kappa shape index (κ2) is 8.07. The quantitative estimate of drug-likeness (QED) is 0.731. The van der Waals surface area contributed by atoms with Crippen molar-refractivity contribution in [3.8, 4) is 5.75 Å². The molecule has 1 N–H and O–H groups in total. The maximum absolute atomic E-state index is 12.4. The van der Waals surface area contributed by atoms with Gasteiger partial charge >= 0.3 is 0 Å². The van der Waals surface area contributed by atoms with Crippen LogP contribution in [0.3, 0.4) is 0 Å². The van der Waals surface area contributed by atoms with E-state index in [0.29, 0.717) is 17.0 Å². The van der Waals surface area contributed by atoms with Gasteiger partial charge in [-0.25, -0.2) is 21.6 Å². The molecule has 0 amide bonds. The first-order valence-corrected chi connectivity index (χ1v) is 10.9. The van der Waals surface area contributed by atoms with Crippen LogP contribution in [0.25, 0.3) is 0 Å². The first kappa shape index (κ1) is 20.2. The Morgan fingerprint density at radius 1 is 1.04 bits per heavy atom. The number of rotatable bonds is 8. The Morgan fingerprint density at radius 3 is 2.27 bits per heavy atom. The van der Waals surface area contributed by atoms with Crippen molar-refractivity contribution in [3.63, 3.8) is 0 Å². The van der Waals surface area contributed by atoms with Crippen LogP contribution < -0.4 is 13.8 Å². The zero-order chi connectivity index (χ0) is 19.4. The lowest BCUT2D eigenvalue weighted by molar-refractivity contribution is 0.411. The van der Waals surface area contributed by atoms with Crippen molar-refractivity contribution in [1.82, 2.24) is 4.72 Å². The predicted octanol–water partition coefficient (Wildman–Crippen LogP) is 1.75. The highest BCUT2D eigenvalue weighted by molar-refractivity contribution is 7.93. The van der Waals surface area contributed by atoms with Gasteiger partial charge in [0.1, 0.15) is 5.75 Å². The molecular weight excluding hydrogens is 376 g/mol. The Morgan fingerprint density at radius 2 is 1.69 bits per heavy atom. The van der Waals surface area contributed by atoms with Crippen molar-refractivity contribution in [2.24, 2.45) is 0 Å². The summed E-state index contributed by atoms with van der Waals surface area (Å²) in [5, 5.41) is 0. The SMILES string of the molecule is COc1ccc(S(=O)(=O)NCCS(=O)(=O)N(C)c2ccccc2)cc1C. The molecule has 0 saturated heterocycles. The largest absolute Gasteiger partial charge is 0.496 e. The fraction of sp³-hybridized carbons (Fsp3) is 0.294. The number of nitrogens with zero attached hydrogens (tertiary/aromatic N) is 1. The molecule has 0 aliphatic carbocycles. The Hall–Kier alpha value is -2.10. The molecule has 0 saturated carbocycles. The third kappa shape index (κ3) is 4.75. The highest BCUT2D eigenvalue weighted by Crippen LogP contribution is 2.21. The summed E-state index contributed by atoms with van der Waals surface area (Å²) < 4.78 is 58.0. The number of benzene rings is 2. The number of ether oxygens (including phenoxy) is 1. The van der Waals surface area contributed by atoms with Crippen LogP contribution in [0.15, 0.2) is 53.4 Å². The Balaban J connectivity index is 2.05. The van der Waals surface area contributed by atoms with Gasteiger partial charge in [0.25, 0.3) is 0 Å². The first-order valence-electron chi connectivity index (χ1n) is 7.83. The van der Waals surface area contributed by atoms with Gasteiger partial charge in [0.05, 0.1) is 23.4 Å². The molecule has 0 atom stereocenters. The zero-order valence-corrected chi connectivity index (χ0v) is 16.5. The molecule has 0 aliphatic heterocycles. The van der Waals surface area contributed by atoms with Crippen LogP contribution in [-0.2, 0) is 20.0 Å². The highest BCUT2D eigenvalue weighted by Gasteiger charge is 2.21. The molecule has 2 aromatic rings. The lowest BCUT2D eigenvalue weighted by Gasteiger charge is -2.19. The van der Waals surface area contributed by atoms with Crippen LogP contribution in [0.1, 0.15) is 5.56 Å². The number of aryl methyl sites for hydroxylation is 1. The molecule has 0 aromatic heterocycles. The van der Waals surface area contributed by atoms with Crippen molar-refractivity contribution in [2.45, 2.75) is 11.8 Å². The number of para-hydroxylation sites is 1. The summed E-state index contributed by atoms with van der Waals surface area (Å²) >= 11 is 0. The summed E-state index contributed by atoms with van der Waals surface area (Å²) in [6, 6.07) is 13.0. The van der Waals surface area contributed by atoms with Gasteiger partial charge in [-0.1, -0.05) is 18.2 Å². The Bertz CT molecular complexity index is 958. The minimum absolute atomic E-state index is 0.0598. The molecule has 2 aromatic carbocycles. The van der Waals surface area contributed by atoms with Crippen LogP contribution >= 0.6 is 0 Å². The van der Waals surface area contributed by atoms with Gasteiger partial charge in [-0.3, -0.25) is 4.31 Å². The standard InChI is InChI=1S/C17H22N2O5S2/c1-14-13-16(9-10-17(14)24-3)26(22,23)18-11-12-25(20,21)19(2)15-7-5-4-6-8-15/h4-10,13,18H,11-12H2,1-3H3. The van der Waals surface area contributed by atoms with Crippen molar-refractivity contribution < 1.29 is 21.6 Å². The summed E-state index contributed by atoms with van der Waals surface area (Å²) in [5.74, 6) is 0.225. The molecule has 0 heterocycles. The van der Waals surface area contributed by atoms with Gasteiger partial charge in [-0.2, -0.15) is 0 Å². The van der Waals surface area contributed by atoms with Gasteiger partial charge in [0.2, 0.25) is 20.0 Å². The Kier molecular flexibility index (Phi) is 6.27. The smallest absolute Gasteiger partial charge is 0.240 e. The molecule has 142 valence electrons. The summed E-state index contributed by atoms with van der Waals surface area (Å²) in [7, 11) is -4.52. The van der Waals surface area contributed by atoms with E-state index in [-0.39, 0.29) is 17.2 Å². The van der Waals surface area contributed by atoms with E-state index in [0.717, 1.165) is 4.31 Å². The number of hydrogen-bond acceptors (Lipinski definition) is 5. The average molecular weight is 399 g/mol. The molecule has 0 radical (unpaired) electrons. The monoisotopic (exact) mass is 398 g/mol. The second-order valence-electron chi connectivity index (χ2n) is 5.65. The average Bonchev–Trinajstić information content (AvgIpc) is 2.61. The molecule has 2 rings (SSSR count). The number of methoxy groups -OCH3 is 1. The predicted molar refractivity (Wildman–Crippen MR) is 102 cm³/mol. The first-order chi connectivity index (χ1) is 12.2. The van der Waals surface area contributed by atoms with Gasteiger partial charge < -0.3 is 4.74 Å². The Labute approximate surface area is 154 Å². The van der Waals surface area contributed by atoms with Gasteiger partial charge in [0, 0.05) is 13.6 Å². The molecule has 26 heavy (non-hydrogen) atoms. The van der Waals surface area contributed by atoms with Crippen LogP contribution in [0.4, 0.5) is 5.69 Å². The third-order valence-corrected chi connectivity index (χ3v) is 7.09. The summed E-state index contributed by atoms with van der Waals surface area (Å²) in [5.41, 5.74) is 1.19. The zero-order valence-electron chi connectivity index (χ0n) is 14.8. The molecule has 9 heteroatoms. The fourth-order valence-corrected chi connectivity index (χ4v) is 4.66. The molecule has 0 bridgehead atoms. The summed E-state index contributed by atoms with van der Waals surface area (Å²) in [6.07, 6.45) is 0. The van der Waals surface area contributed by atoms with E-state index in [4.69, 9.17) is 4.74 Å². The van der Waals surface area contributed by atoms with E-state index < -0.39 is 20.0 Å². The van der Waals surface area contributed by atoms with E-state index in [2.05, 4.69) is 4.72 Å². The van der Waals surface area contributed by atoms with Crippen molar-refractivity contribution in [1.29, 1.82) is 0 Å². The van der Waals surface area contributed by atoms with E-state index >= 15 is 0 Å². The molecule has 7 nitrogen and oxygen atoms in total. The second-order valence-corrected chi connectivity index (χ2v) is 9.54. The van der Waals surface area contributed by atoms with Gasteiger partial charge in [-0.05, 0) is 42.8 Å². The normalized spacial score (nSPS) is 12.0. The topological polar surface area (TPSA) is 92.8 Å². The number of sulfonamides is 2. The molecule has 0 aliphatic rings. The van der Waals surface area contributed by atoms with Crippen LogP contribution in [0, 0.1) is 6.92 Å². The highest BCUT2D eigenvalue weighted by atomic mass is 32.2. The lowest BCUT2D eigenvalue weighted by atomic mass is 10.2. The third-order valence-electron chi connectivity index (χ3n) is 3.87. The molecule has 0 fully saturated rings. The number of anilines is 1. The van der Waals surface area contributed by atoms with Crippen LogP contribution in [0.5, 0.6) is 5.75 Å². The van der Waals surface area contributed by atoms with Crippen molar-refractivity contribution in [2.75, 3.05) is 30.8 Å². The minimum atomic E-state index is -3.81. The maximum Gasteiger partial charge on any atom is 0.240 e. The maximum atomic E-state index is 12.4. The van der Waals surface area contributed by atoms with E-state index in [1.54, 1.807) is 43.3 Å². The van der Waals surface area contributed by atoms with Crippen molar-refractivity contribution >= 4 is 25.7 Å². The summed E-state index contributed by atoms with van der Waals surface area (Å²) in [4.78, 5) is 0.0598. The van der Waals surface area contributed by atoms with E-state index in [1.165, 1.54) is 26.3 Å².